The summed E-state index contributed by atoms with van der Waals surface area (Å²) in [5.74, 6) is 13.1. The molecule has 0 radical (unpaired) electrons. The smallest absolute Gasteiger partial charge is 0.0405 e. The summed E-state index contributed by atoms with van der Waals surface area (Å²) in [6.07, 6.45) is 4.75. The van der Waals surface area contributed by atoms with E-state index in [1.165, 1.54) is 25.7 Å². The summed E-state index contributed by atoms with van der Waals surface area (Å²) in [6, 6.07) is 24.7. The van der Waals surface area contributed by atoms with E-state index in [1.54, 1.807) is 0 Å². The molecule has 0 unspecified atom stereocenters. The third kappa shape index (κ3) is 7.57. The van der Waals surface area contributed by atoms with Gasteiger partial charge in [0.15, 0.2) is 0 Å². The van der Waals surface area contributed by atoms with Gasteiger partial charge >= 0.3 is 0 Å². The lowest BCUT2D eigenvalue weighted by Crippen LogP contribution is -2.00. The molecule has 0 spiro atoms. The highest BCUT2D eigenvalue weighted by Crippen LogP contribution is 2.12. The SMILES string of the molecule is CCCCNc1ccc(C#Cc2ccccc2C#Cc2ccc(NCCCC)cc2)cc1. The number of rotatable bonds is 8. The summed E-state index contributed by atoms with van der Waals surface area (Å²) < 4.78 is 0. The molecule has 0 bridgehead atoms. The van der Waals surface area contributed by atoms with E-state index in [1.807, 2.05) is 24.3 Å². The first-order chi connectivity index (χ1) is 15.8. The Morgan fingerprint density at radius 3 is 1.31 bits per heavy atom. The largest absolute Gasteiger partial charge is 0.385 e. The zero-order valence-corrected chi connectivity index (χ0v) is 19.2. The number of unbranched alkanes of at least 4 members (excludes halogenated alkanes) is 2. The number of hydrogen-bond donors (Lipinski definition) is 2. The van der Waals surface area contributed by atoms with Crippen LogP contribution in [-0.4, -0.2) is 13.1 Å². The van der Waals surface area contributed by atoms with Gasteiger partial charge in [-0.3, -0.25) is 0 Å². The van der Waals surface area contributed by atoms with E-state index in [0.717, 1.165) is 46.7 Å². The molecular weight excluding hydrogens is 388 g/mol. The van der Waals surface area contributed by atoms with Gasteiger partial charge in [0.25, 0.3) is 0 Å². The van der Waals surface area contributed by atoms with Gasteiger partial charge in [0, 0.05) is 46.7 Å². The Kier molecular flexibility index (Phi) is 9.32. The summed E-state index contributed by atoms with van der Waals surface area (Å²) in [4.78, 5) is 0. The van der Waals surface area contributed by atoms with Crippen LogP contribution in [0, 0.1) is 23.7 Å². The fraction of sp³-hybridized carbons (Fsp3) is 0.267. The molecule has 3 aromatic rings. The topological polar surface area (TPSA) is 24.1 Å². The van der Waals surface area contributed by atoms with Crippen molar-refractivity contribution in [2.24, 2.45) is 0 Å². The molecule has 0 saturated carbocycles. The number of anilines is 2. The van der Waals surface area contributed by atoms with Gasteiger partial charge < -0.3 is 10.6 Å². The minimum absolute atomic E-state index is 0.947. The van der Waals surface area contributed by atoms with Crippen LogP contribution < -0.4 is 10.6 Å². The van der Waals surface area contributed by atoms with E-state index < -0.39 is 0 Å². The Morgan fingerprint density at radius 2 is 0.938 bits per heavy atom. The van der Waals surface area contributed by atoms with Gasteiger partial charge in [-0.05, 0) is 73.5 Å². The van der Waals surface area contributed by atoms with Crippen molar-refractivity contribution in [3.05, 3.63) is 95.1 Å². The van der Waals surface area contributed by atoms with Crippen molar-refractivity contribution in [2.75, 3.05) is 23.7 Å². The minimum Gasteiger partial charge on any atom is -0.385 e. The molecule has 162 valence electrons. The van der Waals surface area contributed by atoms with Crippen LogP contribution in [0.5, 0.6) is 0 Å². The normalized spacial score (nSPS) is 9.81. The van der Waals surface area contributed by atoms with Gasteiger partial charge in [0.05, 0.1) is 0 Å². The monoisotopic (exact) mass is 420 g/mol. The van der Waals surface area contributed by atoms with E-state index in [2.05, 4.69) is 96.7 Å². The fourth-order valence-corrected chi connectivity index (χ4v) is 3.14. The molecule has 0 fully saturated rings. The Labute approximate surface area is 193 Å². The van der Waals surface area contributed by atoms with Crippen molar-refractivity contribution >= 4 is 11.4 Å². The van der Waals surface area contributed by atoms with Crippen molar-refractivity contribution in [3.63, 3.8) is 0 Å². The lowest BCUT2D eigenvalue weighted by molar-refractivity contribution is 0.834. The molecule has 0 heterocycles. The van der Waals surface area contributed by atoms with Gasteiger partial charge in [-0.25, -0.2) is 0 Å². The number of hydrogen-bond acceptors (Lipinski definition) is 2. The first-order valence-electron chi connectivity index (χ1n) is 11.6. The van der Waals surface area contributed by atoms with E-state index in [-0.39, 0.29) is 0 Å². The third-order valence-corrected chi connectivity index (χ3v) is 5.10. The van der Waals surface area contributed by atoms with Crippen molar-refractivity contribution in [1.82, 2.24) is 0 Å². The second-order valence-electron chi connectivity index (χ2n) is 7.76. The van der Waals surface area contributed by atoms with Crippen LogP contribution in [0.25, 0.3) is 0 Å². The molecule has 3 rings (SSSR count). The molecule has 2 N–H and O–H groups in total. The zero-order chi connectivity index (χ0) is 22.4. The number of nitrogens with one attached hydrogen (secondary N) is 2. The first-order valence-corrected chi connectivity index (χ1v) is 11.6. The van der Waals surface area contributed by atoms with Crippen LogP contribution in [-0.2, 0) is 0 Å². The third-order valence-electron chi connectivity index (χ3n) is 5.10. The average molecular weight is 421 g/mol. The van der Waals surface area contributed by atoms with Crippen molar-refractivity contribution in [2.45, 2.75) is 39.5 Å². The molecule has 0 aromatic heterocycles. The van der Waals surface area contributed by atoms with E-state index in [9.17, 15) is 0 Å². The van der Waals surface area contributed by atoms with Crippen LogP contribution in [0.4, 0.5) is 11.4 Å². The second kappa shape index (κ2) is 12.9. The molecule has 2 nitrogen and oxygen atoms in total. The fourth-order valence-electron chi connectivity index (χ4n) is 3.14. The highest BCUT2D eigenvalue weighted by Gasteiger charge is 1.97. The second-order valence-corrected chi connectivity index (χ2v) is 7.76. The maximum Gasteiger partial charge on any atom is 0.0405 e. The Balaban J connectivity index is 1.67. The highest BCUT2D eigenvalue weighted by atomic mass is 14.9. The zero-order valence-electron chi connectivity index (χ0n) is 19.2. The lowest BCUT2D eigenvalue weighted by atomic mass is 10.1. The summed E-state index contributed by atoms with van der Waals surface area (Å²) in [6.45, 7) is 6.41. The minimum atomic E-state index is 0.947. The van der Waals surface area contributed by atoms with Gasteiger partial charge in [-0.1, -0.05) is 62.5 Å². The van der Waals surface area contributed by atoms with Gasteiger partial charge in [-0.15, -0.1) is 0 Å². The van der Waals surface area contributed by atoms with Gasteiger partial charge in [0.2, 0.25) is 0 Å². The van der Waals surface area contributed by atoms with Crippen LogP contribution >= 0.6 is 0 Å². The van der Waals surface area contributed by atoms with Crippen LogP contribution in [0.2, 0.25) is 0 Å². The summed E-state index contributed by atoms with van der Waals surface area (Å²) in [5, 5.41) is 6.87. The maximum absolute atomic E-state index is 3.43. The molecule has 0 aliphatic heterocycles. The maximum atomic E-state index is 3.43. The Morgan fingerprint density at radius 1 is 0.531 bits per heavy atom. The predicted octanol–water partition coefficient (Wildman–Crippen LogP) is 6.91. The van der Waals surface area contributed by atoms with Crippen molar-refractivity contribution < 1.29 is 0 Å². The van der Waals surface area contributed by atoms with Gasteiger partial charge in [0.1, 0.15) is 0 Å². The summed E-state index contributed by atoms with van der Waals surface area (Å²) in [5.41, 5.74) is 6.18. The summed E-state index contributed by atoms with van der Waals surface area (Å²) in [7, 11) is 0. The van der Waals surface area contributed by atoms with Crippen molar-refractivity contribution in [3.8, 4) is 23.7 Å². The molecule has 3 aromatic carbocycles. The standard InChI is InChI=1S/C30H32N2/c1-3-5-23-31-29-19-13-25(14-20-29)11-17-27-9-7-8-10-28(27)18-12-26-15-21-30(22-16-26)32-24-6-4-2/h7-10,13-16,19-22,31-32H,3-6,23-24H2,1-2H3. The van der Waals surface area contributed by atoms with E-state index in [4.69, 9.17) is 0 Å². The van der Waals surface area contributed by atoms with E-state index in [0.29, 0.717) is 0 Å². The number of benzene rings is 3. The lowest BCUT2D eigenvalue weighted by Gasteiger charge is -2.04. The Hall–Kier alpha value is -3.62. The molecule has 2 heteroatoms. The average Bonchev–Trinajstić information content (AvgIpc) is 2.84. The van der Waals surface area contributed by atoms with Crippen LogP contribution in [0.15, 0.2) is 72.8 Å². The molecular formula is C30H32N2. The molecule has 32 heavy (non-hydrogen) atoms. The Bertz CT molecular complexity index is 997. The van der Waals surface area contributed by atoms with Crippen molar-refractivity contribution in [1.29, 1.82) is 0 Å². The highest BCUT2D eigenvalue weighted by molar-refractivity contribution is 5.56. The molecule has 0 saturated heterocycles. The first kappa shape index (κ1) is 23.1. The van der Waals surface area contributed by atoms with Crippen LogP contribution in [0.3, 0.4) is 0 Å². The quantitative estimate of drug-likeness (QED) is 0.306. The summed E-state index contributed by atoms with van der Waals surface area (Å²) >= 11 is 0. The molecule has 0 aliphatic rings. The van der Waals surface area contributed by atoms with Crippen LogP contribution in [0.1, 0.15) is 61.8 Å². The molecule has 0 atom stereocenters. The molecule has 0 aliphatic carbocycles. The van der Waals surface area contributed by atoms with E-state index >= 15 is 0 Å². The van der Waals surface area contributed by atoms with Gasteiger partial charge in [-0.2, -0.15) is 0 Å². The molecule has 0 amide bonds. The predicted molar refractivity (Wildman–Crippen MR) is 138 cm³/mol.